The van der Waals surface area contributed by atoms with Crippen LogP contribution in [0.25, 0.3) is 6.08 Å². The van der Waals surface area contributed by atoms with E-state index in [2.05, 4.69) is 13.8 Å². The molecule has 2 aromatic carbocycles. The highest BCUT2D eigenvalue weighted by Crippen LogP contribution is 2.18. The van der Waals surface area contributed by atoms with Crippen molar-refractivity contribution in [3.8, 4) is 5.75 Å². The first-order valence-electron chi connectivity index (χ1n) is 17.5. The van der Waals surface area contributed by atoms with Crippen LogP contribution in [0.5, 0.6) is 5.75 Å². The molecule has 0 unspecified atom stereocenters. The van der Waals surface area contributed by atoms with Gasteiger partial charge in [-0.2, -0.15) is 0 Å². The summed E-state index contributed by atoms with van der Waals surface area (Å²) in [6.45, 7) is 4.94. The van der Waals surface area contributed by atoms with Gasteiger partial charge in [0.2, 0.25) is 0 Å². The second-order valence-corrected chi connectivity index (χ2v) is 12.0. The number of aromatic carboxylic acids is 1. The molecule has 0 saturated heterocycles. The number of carbonyl (C=O) groups excluding carboxylic acids is 3. The Balaban J connectivity index is 1.91. The lowest BCUT2D eigenvalue weighted by molar-refractivity contribution is -0.159. The molecule has 8 nitrogen and oxygen atoms in total. The number of esters is 3. The largest absolute Gasteiger partial charge is 0.478 e. The van der Waals surface area contributed by atoms with E-state index in [1.807, 2.05) is 0 Å². The van der Waals surface area contributed by atoms with Gasteiger partial charge in [0.15, 0.2) is 5.92 Å². The zero-order chi connectivity index (χ0) is 34.1. The molecule has 0 spiro atoms. The van der Waals surface area contributed by atoms with E-state index in [1.54, 1.807) is 30.3 Å². The number of carboxylic acids is 1. The number of hydrogen-bond donors (Lipinski definition) is 1. The molecule has 258 valence electrons. The lowest BCUT2D eigenvalue weighted by Gasteiger charge is -2.13. The number of hydrogen-bond acceptors (Lipinski definition) is 7. The number of rotatable bonds is 25. The summed E-state index contributed by atoms with van der Waals surface area (Å²) in [6, 6.07) is 12.0. The lowest BCUT2D eigenvalue weighted by atomic mass is 10.1. The molecule has 0 heterocycles. The second kappa shape index (κ2) is 24.3. The zero-order valence-electron chi connectivity index (χ0n) is 28.4. The SMILES string of the molecule is CCCCCCCCCCOC(=O)C(/C=C/c1ccc(OC(=O)c2ccc(C(=O)O)cc2)cc1)C(=O)OCCCCCCCCCC. The van der Waals surface area contributed by atoms with Crippen LogP contribution < -0.4 is 4.74 Å². The number of unbranched alkanes of at least 4 members (excludes halogenated alkanes) is 14. The van der Waals surface area contributed by atoms with Crippen molar-refractivity contribution in [3.05, 3.63) is 71.3 Å². The molecule has 0 aliphatic carbocycles. The van der Waals surface area contributed by atoms with Gasteiger partial charge in [0.05, 0.1) is 24.3 Å². The molecule has 2 aromatic rings. The van der Waals surface area contributed by atoms with Crippen LogP contribution in [0.2, 0.25) is 0 Å². The summed E-state index contributed by atoms with van der Waals surface area (Å²) in [6.07, 6.45) is 21.2. The summed E-state index contributed by atoms with van der Waals surface area (Å²) in [4.78, 5) is 49.4. The summed E-state index contributed by atoms with van der Waals surface area (Å²) in [5.74, 6) is -3.83. The third-order valence-electron chi connectivity index (χ3n) is 7.93. The van der Waals surface area contributed by atoms with Crippen molar-refractivity contribution in [2.75, 3.05) is 13.2 Å². The number of carboxylic acid groups (broad SMARTS) is 1. The minimum absolute atomic E-state index is 0.0742. The maximum absolute atomic E-state index is 13.0. The van der Waals surface area contributed by atoms with Crippen molar-refractivity contribution in [3.63, 3.8) is 0 Å². The van der Waals surface area contributed by atoms with Crippen LogP contribution in [0.4, 0.5) is 0 Å². The van der Waals surface area contributed by atoms with Crippen molar-refractivity contribution in [1.82, 2.24) is 0 Å². The zero-order valence-corrected chi connectivity index (χ0v) is 28.4. The molecule has 0 aromatic heterocycles. The topological polar surface area (TPSA) is 116 Å². The third-order valence-corrected chi connectivity index (χ3v) is 7.93. The van der Waals surface area contributed by atoms with Gasteiger partial charge in [0.25, 0.3) is 0 Å². The average molecular weight is 651 g/mol. The van der Waals surface area contributed by atoms with Gasteiger partial charge in [0.1, 0.15) is 5.75 Å². The van der Waals surface area contributed by atoms with E-state index >= 15 is 0 Å². The quantitative estimate of drug-likeness (QED) is 0.0489. The van der Waals surface area contributed by atoms with Crippen LogP contribution in [-0.4, -0.2) is 42.2 Å². The molecular formula is C39H54O8. The van der Waals surface area contributed by atoms with E-state index in [1.165, 1.54) is 94.5 Å². The summed E-state index contributed by atoms with van der Waals surface area (Å²) in [5.41, 5.74) is 0.982. The highest BCUT2D eigenvalue weighted by atomic mass is 16.6. The minimum atomic E-state index is -1.18. The van der Waals surface area contributed by atoms with E-state index in [9.17, 15) is 19.2 Å². The fourth-order valence-corrected chi connectivity index (χ4v) is 5.02. The van der Waals surface area contributed by atoms with Crippen molar-refractivity contribution in [2.24, 2.45) is 5.92 Å². The lowest BCUT2D eigenvalue weighted by Crippen LogP contribution is -2.27. The Morgan fingerprint density at radius 1 is 0.596 bits per heavy atom. The van der Waals surface area contributed by atoms with Gasteiger partial charge >= 0.3 is 23.9 Å². The van der Waals surface area contributed by atoms with E-state index < -0.39 is 29.8 Å². The van der Waals surface area contributed by atoms with Crippen LogP contribution in [0.3, 0.4) is 0 Å². The standard InChI is InChI=1S/C39H54O8/c1-3-5-7-9-11-13-15-17-29-45-38(43)35(39(44)46-30-18-16-14-12-10-8-6-4-2)28-21-31-19-26-34(27-20-31)47-37(42)33-24-22-32(23-25-33)36(40)41/h19-28,35H,3-18,29-30H2,1-2H3,(H,40,41)/b28-21+. The molecule has 0 aliphatic heterocycles. The predicted molar refractivity (Wildman–Crippen MR) is 184 cm³/mol. The first kappa shape index (κ1) is 39.2. The van der Waals surface area contributed by atoms with Gasteiger partial charge in [-0.25, -0.2) is 9.59 Å². The van der Waals surface area contributed by atoms with Crippen molar-refractivity contribution in [2.45, 2.75) is 117 Å². The second-order valence-electron chi connectivity index (χ2n) is 12.0. The molecule has 0 aliphatic rings. The van der Waals surface area contributed by atoms with Crippen LogP contribution >= 0.6 is 0 Å². The molecule has 0 radical (unpaired) electrons. The normalized spacial score (nSPS) is 11.1. The molecule has 1 N–H and O–H groups in total. The monoisotopic (exact) mass is 650 g/mol. The van der Waals surface area contributed by atoms with E-state index in [0.717, 1.165) is 38.5 Å². The first-order chi connectivity index (χ1) is 22.8. The van der Waals surface area contributed by atoms with Crippen LogP contribution in [-0.2, 0) is 19.1 Å². The van der Waals surface area contributed by atoms with Crippen molar-refractivity contribution < 1.29 is 38.5 Å². The Labute approximate surface area is 280 Å². The van der Waals surface area contributed by atoms with Crippen molar-refractivity contribution in [1.29, 1.82) is 0 Å². The molecule has 47 heavy (non-hydrogen) atoms. The molecule has 0 saturated carbocycles. The highest BCUT2D eigenvalue weighted by Gasteiger charge is 2.27. The van der Waals surface area contributed by atoms with E-state index in [-0.39, 0.29) is 24.3 Å². The summed E-state index contributed by atoms with van der Waals surface area (Å²) in [5, 5.41) is 9.03. The van der Waals surface area contributed by atoms with Crippen LogP contribution in [0, 0.1) is 5.92 Å². The van der Waals surface area contributed by atoms with E-state index in [4.69, 9.17) is 19.3 Å². The maximum Gasteiger partial charge on any atom is 0.343 e. The van der Waals surface area contributed by atoms with Gasteiger partial charge in [-0.15, -0.1) is 0 Å². The fourth-order valence-electron chi connectivity index (χ4n) is 5.02. The molecule has 0 amide bonds. The third kappa shape index (κ3) is 17.0. The minimum Gasteiger partial charge on any atom is -0.478 e. The van der Waals surface area contributed by atoms with Crippen molar-refractivity contribution >= 4 is 30.0 Å². The van der Waals surface area contributed by atoms with E-state index in [0.29, 0.717) is 11.3 Å². The number of benzene rings is 2. The Bertz CT molecular complexity index is 1180. The Hall–Kier alpha value is -3.94. The van der Waals surface area contributed by atoms with Gasteiger partial charge in [0, 0.05) is 0 Å². The molecule has 0 bridgehead atoms. The Morgan fingerprint density at radius 2 is 1.02 bits per heavy atom. The molecule has 0 atom stereocenters. The van der Waals surface area contributed by atoms with Gasteiger partial charge in [-0.1, -0.05) is 128 Å². The Morgan fingerprint density at radius 3 is 1.47 bits per heavy atom. The summed E-state index contributed by atoms with van der Waals surface area (Å²) in [7, 11) is 0. The number of carbonyl (C=O) groups is 4. The van der Waals surface area contributed by atoms with Gasteiger partial charge in [-0.3, -0.25) is 9.59 Å². The molecular weight excluding hydrogens is 596 g/mol. The first-order valence-corrected chi connectivity index (χ1v) is 17.5. The average Bonchev–Trinajstić information content (AvgIpc) is 3.07. The number of ether oxygens (including phenoxy) is 3. The smallest absolute Gasteiger partial charge is 0.343 e. The molecule has 0 fully saturated rings. The summed E-state index contributed by atoms with van der Waals surface area (Å²) < 4.78 is 16.4. The van der Waals surface area contributed by atoms with Gasteiger partial charge < -0.3 is 19.3 Å². The highest BCUT2D eigenvalue weighted by molar-refractivity contribution is 5.98. The van der Waals surface area contributed by atoms with Gasteiger partial charge in [-0.05, 0) is 54.8 Å². The van der Waals surface area contributed by atoms with Crippen LogP contribution in [0.15, 0.2) is 54.6 Å². The van der Waals surface area contributed by atoms with Crippen LogP contribution in [0.1, 0.15) is 143 Å². The Kier molecular flexibility index (Phi) is 20.3. The summed E-state index contributed by atoms with van der Waals surface area (Å²) >= 11 is 0. The maximum atomic E-state index is 13.0. The predicted octanol–water partition coefficient (Wildman–Crippen LogP) is 9.60. The molecule has 2 rings (SSSR count). The molecule has 8 heteroatoms. The fraction of sp³-hybridized carbons (Fsp3) is 0.538.